The van der Waals surface area contributed by atoms with Gasteiger partial charge in [0.25, 0.3) is 5.91 Å². The number of hydrogen-bond donors (Lipinski definition) is 3. The highest BCUT2D eigenvalue weighted by atomic mass is 35.5. The molecular weight excluding hydrogens is 500 g/mol. The third kappa shape index (κ3) is 5.95. The molecule has 0 radical (unpaired) electrons. The van der Waals surface area contributed by atoms with E-state index in [0.29, 0.717) is 38.3 Å². The molecule has 0 spiro atoms. The fraction of sp³-hybridized carbons (Fsp3) is 0.115. The van der Waals surface area contributed by atoms with Crippen LogP contribution in [0.15, 0.2) is 94.0 Å². The Hall–Kier alpha value is -3.51. The number of nitriles is 1. The van der Waals surface area contributed by atoms with Gasteiger partial charge in [0.15, 0.2) is 0 Å². The number of carbonyl (C=O) groups is 2. The van der Waals surface area contributed by atoms with Crippen LogP contribution in [-0.4, -0.2) is 17.6 Å². The van der Waals surface area contributed by atoms with Crippen LogP contribution in [0.4, 0.5) is 11.4 Å². The van der Waals surface area contributed by atoms with E-state index < -0.39 is 5.92 Å². The van der Waals surface area contributed by atoms with Crippen LogP contribution in [0.5, 0.6) is 0 Å². The molecule has 2 amide bonds. The van der Waals surface area contributed by atoms with Crippen molar-refractivity contribution in [2.75, 3.05) is 16.4 Å². The number of anilines is 2. The molecule has 0 aliphatic carbocycles. The Labute approximate surface area is 216 Å². The number of carbonyl (C=O) groups excluding carboxylic acids is 2. The maximum Gasteiger partial charge on any atom is 0.254 e. The summed E-state index contributed by atoms with van der Waals surface area (Å²) < 4.78 is 0. The third-order valence-corrected chi connectivity index (χ3v) is 7.43. The lowest BCUT2D eigenvalue weighted by molar-refractivity contribution is -0.114. The fourth-order valence-corrected chi connectivity index (χ4v) is 5.52. The zero-order valence-corrected chi connectivity index (χ0v) is 21.1. The highest BCUT2D eigenvalue weighted by Crippen LogP contribution is 2.42. The number of allylic oxidation sites excluding steroid dienone is 2. The van der Waals surface area contributed by atoms with E-state index in [9.17, 15) is 14.9 Å². The van der Waals surface area contributed by atoms with Gasteiger partial charge in [-0.3, -0.25) is 9.59 Å². The zero-order chi connectivity index (χ0) is 24.8. The van der Waals surface area contributed by atoms with Crippen molar-refractivity contribution in [1.82, 2.24) is 5.32 Å². The Kier molecular flexibility index (Phi) is 7.93. The lowest BCUT2D eigenvalue weighted by atomic mass is 9.86. The van der Waals surface area contributed by atoms with E-state index >= 15 is 0 Å². The molecule has 3 aromatic rings. The number of nitrogens with one attached hydrogen (secondary N) is 3. The highest BCUT2D eigenvalue weighted by molar-refractivity contribution is 8.03. The molecule has 2 aromatic carbocycles. The molecule has 35 heavy (non-hydrogen) atoms. The SMILES string of the molecule is CC1=C(C(=O)Nc2ccccc2)C(c2cccs2)C(C#N)=C(SCC(=O)Nc2ccc(Cl)cc2)N1. The maximum atomic E-state index is 13.3. The summed E-state index contributed by atoms with van der Waals surface area (Å²) in [7, 11) is 0. The van der Waals surface area contributed by atoms with Crippen LogP contribution in [0.3, 0.4) is 0 Å². The first-order chi connectivity index (χ1) is 17.0. The lowest BCUT2D eigenvalue weighted by Gasteiger charge is -2.29. The molecule has 6 nitrogen and oxygen atoms in total. The number of amides is 2. The van der Waals surface area contributed by atoms with Gasteiger partial charge < -0.3 is 16.0 Å². The van der Waals surface area contributed by atoms with Gasteiger partial charge in [0.2, 0.25) is 5.91 Å². The molecule has 1 aromatic heterocycles. The number of thioether (sulfide) groups is 1. The third-order valence-electron chi connectivity index (χ3n) is 5.23. The van der Waals surface area contributed by atoms with Gasteiger partial charge in [-0.05, 0) is 54.8 Å². The predicted octanol–water partition coefficient (Wildman–Crippen LogP) is 6.11. The molecule has 0 saturated carbocycles. The van der Waals surface area contributed by atoms with Crippen molar-refractivity contribution in [1.29, 1.82) is 5.26 Å². The van der Waals surface area contributed by atoms with Gasteiger partial charge >= 0.3 is 0 Å². The van der Waals surface area contributed by atoms with Crippen molar-refractivity contribution in [2.24, 2.45) is 0 Å². The molecule has 1 aliphatic heterocycles. The first kappa shape index (κ1) is 24.6. The minimum atomic E-state index is -0.535. The highest BCUT2D eigenvalue weighted by Gasteiger charge is 2.35. The van der Waals surface area contributed by atoms with Crippen molar-refractivity contribution in [3.05, 3.63) is 104 Å². The number of benzene rings is 2. The molecule has 1 unspecified atom stereocenters. The topological polar surface area (TPSA) is 94.0 Å². The summed E-state index contributed by atoms with van der Waals surface area (Å²) in [6, 6.07) is 22.1. The van der Waals surface area contributed by atoms with Crippen molar-refractivity contribution >= 4 is 57.9 Å². The Balaban J connectivity index is 1.57. The van der Waals surface area contributed by atoms with E-state index in [1.54, 1.807) is 24.3 Å². The van der Waals surface area contributed by atoms with Crippen LogP contribution in [0, 0.1) is 11.3 Å². The molecule has 2 heterocycles. The summed E-state index contributed by atoms with van der Waals surface area (Å²) in [5.74, 6) is -0.943. The zero-order valence-electron chi connectivity index (χ0n) is 18.7. The van der Waals surface area contributed by atoms with Gasteiger partial charge in [-0.1, -0.05) is 47.6 Å². The van der Waals surface area contributed by atoms with Crippen LogP contribution in [0.2, 0.25) is 5.02 Å². The molecule has 4 rings (SSSR count). The predicted molar refractivity (Wildman–Crippen MR) is 143 cm³/mol. The summed E-state index contributed by atoms with van der Waals surface area (Å²) in [5, 5.41) is 22.1. The molecule has 0 fully saturated rings. The minimum Gasteiger partial charge on any atom is -0.353 e. The number of para-hydroxylation sites is 1. The van der Waals surface area contributed by atoms with E-state index in [-0.39, 0.29) is 17.6 Å². The number of hydrogen-bond acceptors (Lipinski definition) is 6. The van der Waals surface area contributed by atoms with Gasteiger partial charge in [-0.2, -0.15) is 5.26 Å². The molecule has 176 valence electrons. The second-order valence-electron chi connectivity index (χ2n) is 7.63. The molecular formula is C26H21ClN4O2S2. The van der Waals surface area contributed by atoms with E-state index in [1.165, 1.54) is 23.1 Å². The number of rotatable bonds is 7. The van der Waals surface area contributed by atoms with Crippen LogP contribution < -0.4 is 16.0 Å². The Morgan fingerprint density at radius 2 is 1.77 bits per heavy atom. The van der Waals surface area contributed by atoms with Crippen LogP contribution in [-0.2, 0) is 9.59 Å². The van der Waals surface area contributed by atoms with Crippen molar-refractivity contribution in [3.8, 4) is 6.07 Å². The van der Waals surface area contributed by atoms with Crippen molar-refractivity contribution < 1.29 is 9.59 Å². The maximum absolute atomic E-state index is 13.3. The second kappa shape index (κ2) is 11.3. The number of halogens is 1. The first-order valence-corrected chi connectivity index (χ1v) is 12.9. The van der Waals surface area contributed by atoms with E-state index in [4.69, 9.17) is 11.6 Å². The standard InChI is InChI=1S/C26H21ClN4O2S2/c1-16-23(25(33)31-18-6-3-2-4-7-18)24(21-8-5-13-34-21)20(14-28)26(29-16)35-15-22(32)30-19-11-9-17(27)10-12-19/h2-13,24,29H,15H2,1H3,(H,30,32)(H,31,33). The smallest absolute Gasteiger partial charge is 0.254 e. The van der Waals surface area contributed by atoms with Crippen LogP contribution in [0.1, 0.15) is 17.7 Å². The van der Waals surface area contributed by atoms with Crippen LogP contribution >= 0.6 is 34.7 Å². The molecule has 0 saturated heterocycles. The van der Waals surface area contributed by atoms with Crippen molar-refractivity contribution in [2.45, 2.75) is 12.8 Å². The van der Waals surface area contributed by atoms with E-state index in [0.717, 1.165) is 4.88 Å². The van der Waals surface area contributed by atoms with Gasteiger partial charge in [0.05, 0.1) is 28.3 Å². The molecule has 9 heteroatoms. The number of dihydropyridines is 1. The summed E-state index contributed by atoms with van der Waals surface area (Å²) in [4.78, 5) is 26.7. The van der Waals surface area contributed by atoms with Gasteiger partial charge in [0, 0.05) is 32.5 Å². The van der Waals surface area contributed by atoms with Gasteiger partial charge in [-0.15, -0.1) is 11.3 Å². The Morgan fingerprint density at radius 3 is 2.43 bits per heavy atom. The summed E-state index contributed by atoms with van der Waals surface area (Å²) in [5.41, 5.74) is 2.82. The second-order valence-corrected chi connectivity index (χ2v) is 10.0. The van der Waals surface area contributed by atoms with E-state index in [2.05, 4.69) is 22.0 Å². The monoisotopic (exact) mass is 520 g/mol. The normalized spacial score (nSPS) is 15.3. The average Bonchev–Trinajstić information content (AvgIpc) is 3.39. The molecule has 1 aliphatic rings. The summed E-state index contributed by atoms with van der Waals surface area (Å²) in [6.45, 7) is 1.81. The van der Waals surface area contributed by atoms with Gasteiger partial charge in [-0.25, -0.2) is 0 Å². The summed E-state index contributed by atoms with van der Waals surface area (Å²) >= 11 is 8.61. The molecule has 1 atom stereocenters. The lowest BCUT2D eigenvalue weighted by Crippen LogP contribution is -2.30. The number of thiophene rings is 1. The fourth-order valence-electron chi connectivity index (χ4n) is 3.66. The minimum absolute atomic E-state index is 0.0894. The Morgan fingerprint density at radius 1 is 1.06 bits per heavy atom. The Bertz CT molecular complexity index is 1330. The van der Waals surface area contributed by atoms with Gasteiger partial charge in [0.1, 0.15) is 0 Å². The summed E-state index contributed by atoms with van der Waals surface area (Å²) in [6.07, 6.45) is 0. The number of nitrogens with zero attached hydrogens (tertiary/aromatic N) is 1. The largest absolute Gasteiger partial charge is 0.353 e. The average molecular weight is 521 g/mol. The van der Waals surface area contributed by atoms with Crippen LogP contribution in [0.25, 0.3) is 0 Å². The van der Waals surface area contributed by atoms with Crippen molar-refractivity contribution in [3.63, 3.8) is 0 Å². The molecule has 3 N–H and O–H groups in total. The van der Waals surface area contributed by atoms with E-state index in [1.807, 2.05) is 54.8 Å². The molecule has 0 bridgehead atoms. The first-order valence-electron chi connectivity index (χ1n) is 10.7. The quantitative estimate of drug-likeness (QED) is 0.349.